The van der Waals surface area contributed by atoms with Crippen LogP contribution in [0.25, 0.3) is 0 Å². The normalized spacial score (nSPS) is 10.0. The van der Waals surface area contributed by atoms with Gasteiger partial charge in [0.15, 0.2) is 0 Å². The van der Waals surface area contributed by atoms with Crippen LogP contribution in [0.1, 0.15) is 5.56 Å². The first-order valence-corrected chi connectivity index (χ1v) is 6.27. The molecule has 0 amide bonds. The molecule has 5 heteroatoms. The number of hydrogen-bond donors (Lipinski definition) is 2. The Bertz CT molecular complexity index is 596. The van der Waals surface area contributed by atoms with Gasteiger partial charge in [-0.2, -0.15) is 0 Å². The fourth-order valence-electron chi connectivity index (χ4n) is 1.66. The Morgan fingerprint density at radius 1 is 1.26 bits per heavy atom. The number of nitrogens with two attached hydrogens (primary N) is 1. The van der Waals surface area contributed by atoms with Gasteiger partial charge in [0, 0.05) is 37.2 Å². The summed E-state index contributed by atoms with van der Waals surface area (Å²) in [5.74, 6) is 0.723. The third-order valence-corrected chi connectivity index (χ3v) is 2.92. The molecule has 0 aliphatic carbocycles. The molecule has 2 rings (SSSR count). The lowest BCUT2D eigenvalue weighted by molar-refractivity contribution is 1.13. The lowest BCUT2D eigenvalue weighted by atomic mass is 10.2. The molecule has 3 N–H and O–H groups in total. The van der Waals surface area contributed by atoms with Gasteiger partial charge in [-0.3, -0.25) is 0 Å². The molecule has 0 aliphatic heterocycles. The molecule has 4 nitrogen and oxygen atoms in total. The Hall–Kier alpha value is -2.14. The van der Waals surface area contributed by atoms with Gasteiger partial charge < -0.3 is 16.0 Å². The van der Waals surface area contributed by atoms with E-state index in [0.717, 1.165) is 22.8 Å². The highest BCUT2D eigenvalue weighted by Crippen LogP contribution is 2.20. The predicted molar refractivity (Wildman–Crippen MR) is 84.2 cm³/mol. The van der Waals surface area contributed by atoms with E-state index >= 15 is 0 Å². The molecule has 1 heterocycles. The van der Waals surface area contributed by atoms with Gasteiger partial charge in [0.05, 0.1) is 0 Å². The van der Waals surface area contributed by atoms with Crippen LogP contribution in [0.4, 0.5) is 17.2 Å². The molecule has 0 bridgehead atoms. The zero-order valence-corrected chi connectivity index (χ0v) is 11.7. The summed E-state index contributed by atoms with van der Waals surface area (Å²) in [5, 5.41) is 3.24. The van der Waals surface area contributed by atoms with Gasteiger partial charge in [-0.25, -0.2) is 4.98 Å². The first kappa shape index (κ1) is 13.3. The Morgan fingerprint density at radius 3 is 2.74 bits per heavy atom. The van der Waals surface area contributed by atoms with Gasteiger partial charge in [-0.15, -0.1) is 0 Å². The molecule has 0 aliphatic rings. The van der Waals surface area contributed by atoms with Gasteiger partial charge in [-0.1, -0.05) is 18.3 Å². The standard InChI is InChI=1S/C14H16N4S/c1-18(2)12-5-3-4-11(9-12)17-13-8-10(14(15)19)6-7-16-13/h3-9H,1-2H3,(H2,15,19)(H,16,17). The molecular formula is C14H16N4S. The average Bonchev–Trinajstić information content (AvgIpc) is 2.39. The van der Waals surface area contributed by atoms with Crippen LogP contribution in [-0.2, 0) is 0 Å². The van der Waals surface area contributed by atoms with Crippen molar-refractivity contribution >= 4 is 34.4 Å². The van der Waals surface area contributed by atoms with Gasteiger partial charge in [0.2, 0.25) is 0 Å². The first-order valence-electron chi connectivity index (χ1n) is 5.86. The zero-order chi connectivity index (χ0) is 13.8. The molecule has 98 valence electrons. The molecule has 0 saturated carbocycles. The smallest absolute Gasteiger partial charge is 0.130 e. The summed E-state index contributed by atoms with van der Waals surface area (Å²) in [5.41, 5.74) is 8.50. The van der Waals surface area contributed by atoms with E-state index in [0.29, 0.717) is 4.99 Å². The Morgan fingerprint density at radius 2 is 2.05 bits per heavy atom. The van der Waals surface area contributed by atoms with E-state index in [-0.39, 0.29) is 0 Å². The van der Waals surface area contributed by atoms with Crippen molar-refractivity contribution in [3.05, 3.63) is 48.2 Å². The van der Waals surface area contributed by atoms with Crippen LogP contribution in [0, 0.1) is 0 Å². The maximum Gasteiger partial charge on any atom is 0.130 e. The second kappa shape index (κ2) is 5.67. The lowest BCUT2D eigenvalue weighted by Gasteiger charge is -2.14. The highest BCUT2D eigenvalue weighted by molar-refractivity contribution is 7.80. The van der Waals surface area contributed by atoms with Crippen LogP contribution in [0.3, 0.4) is 0 Å². The summed E-state index contributed by atoms with van der Waals surface area (Å²) in [6.07, 6.45) is 1.69. The number of rotatable bonds is 4. The fourth-order valence-corrected chi connectivity index (χ4v) is 1.79. The highest BCUT2D eigenvalue weighted by atomic mass is 32.1. The van der Waals surface area contributed by atoms with Crippen LogP contribution in [-0.4, -0.2) is 24.1 Å². The van der Waals surface area contributed by atoms with Crippen molar-refractivity contribution in [3.8, 4) is 0 Å². The van der Waals surface area contributed by atoms with Crippen LogP contribution in [0.2, 0.25) is 0 Å². The zero-order valence-electron chi connectivity index (χ0n) is 10.9. The second-order valence-electron chi connectivity index (χ2n) is 4.36. The van der Waals surface area contributed by atoms with Crippen LogP contribution in [0.15, 0.2) is 42.6 Å². The van der Waals surface area contributed by atoms with E-state index in [1.165, 1.54) is 0 Å². The largest absolute Gasteiger partial charge is 0.389 e. The molecular weight excluding hydrogens is 256 g/mol. The molecule has 1 aromatic heterocycles. The highest BCUT2D eigenvalue weighted by Gasteiger charge is 2.02. The third kappa shape index (κ3) is 3.42. The lowest BCUT2D eigenvalue weighted by Crippen LogP contribution is -2.10. The minimum absolute atomic E-state index is 0.368. The van der Waals surface area contributed by atoms with Gasteiger partial charge in [-0.05, 0) is 30.3 Å². The summed E-state index contributed by atoms with van der Waals surface area (Å²) in [7, 11) is 4.01. The van der Waals surface area contributed by atoms with Crippen molar-refractivity contribution in [2.24, 2.45) is 5.73 Å². The minimum Gasteiger partial charge on any atom is -0.389 e. The number of nitrogens with one attached hydrogen (secondary N) is 1. The molecule has 1 aromatic carbocycles. The van der Waals surface area contributed by atoms with Crippen molar-refractivity contribution in [2.45, 2.75) is 0 Å². The van der Waals surface area contributed by atoms with Crippen molar-refractivity contribution in [3.63, 3.8) is 0 Å². The topological polar surface area (TPSA) is 54.2 Å². The maximum atomic E-state index is 5.61. The van der Waals surface area contributed by atoms with Gasteiger partial charge in [0.25, 0.3) is 0 Å². The predicted octanol–water partition coefficient (Wildman–Crippen LogP) is 2.53. The number of benzene rings is 1. The average molecular weight is 272 g/mol. The number of anilines is 3. The van der Waals surface area contributed by atoms with E-state index in [1.807, 2.05) is 43.3 Å². The third-order valence-electron chi connectivity index (χ3n) is 2.68. The van der Waals surface area contributed by atoms with Crippen molar-refractivity contribution < 1.29 is 0 Å². The molecule has 0 unspecified atom stereocenters. The quantitative estimate of drug-likeness (QED) is 0.838. The van der Waals surface area contributed by atoms with E-state index < -0.39 is 0 Å². The molecule has 0 spiro atoms. The number of hydrogen-bond acceptors (Lipinski definition) is 4. The van der Waals surface area contributed by atoms with Crippen LogP contribution >= 0.6 is 12.2 Å². The van der Waals surface area contributed by atoms with Crippen molar-refractivity contribution in [1.82, 2.24) is 4.98 Å². The molecule has 0 atom stereocenters. The second-order valence-corrected chi connectivity index (χ2v) is 4.80. The number of thiocarbonyl (C=S) groups is 1. The molecule has 0 fully saturated rings. The van der Waals surface area contributed by atoms with Crippen LogP contribution < -0.4 is 16.0 Å². The number of nitrogens with zero attached hydrogens (tertiary/aromatic N) is 2. The van der Waals surface area contributed by atoms with Crippen LogP contribution in [0.5, 0.6) is 0 Å². The molecule has 0 radical (unpaired) electrons. The summed E-state index contributed by atoms with van der Waals surface area (Å²) in [6.45, 7) is 0. The van der Waals surface area contributed by atoms with E-state index in [1.54, 1.807) is 12.3 Å². The summed E-state index contributed by atoms with van der Waals surface area (Å²) >= 11 is 4.96. The Labute approximate surface area is 118 Å². The SMILES string of the molecule is CN(C)c1cccc(Nc2cc(C(N)=S)ccn2)c1. The van der Waals surface area contributed by atoms with E-state index in [2.05, 4.69) is 16.4 Å². The van der Waals surface area contributed by atoms with Crippen molar-refractivity contribution in [2.75, 3.05) is 24.3 Å². The van der Waals surface area contributed by atoms with Crippen molar-refractivity contribution in [1.29, 1.82) is 0 Å². The number of pyridine rings is 1. The molecule has 19 heavy (non-hydrogen) atoms. The summed E-state index contributed by atoms with van der Waals surface area (Å²) in [4.78, 5) is 6.67. The summed E-state index contributed by atoms with van der Waals surface area (Å²) < 4.78 is 0. The fraction of sp³-hybridized carbons (Fsp3) is 0.143. The van der Waals surface area contributed by atoms with Gasteiger partial charge >= 0.3 is 0 Å². The van der Waals surface area contributed by atoms with E-state index in [9.17, 15) is 0 Å². The minimum atomic E-state index is 0.368. The summed E-state index contributed by atoms with van der Waals surface area (Å²) in [6, 6.07) is 11.7. The maximum absolute atomic E-state index is 5.61. The molecule has 2 aromatic rings. The monoisotopic (exact) mass is 272 g/mol. The van der Waals surface area contributed by atoms with E-state index in [4.69, 9.17) is 18.0 Å². The first-order chi connectivity index (χ1) is 9.06. The Balaban J connectivity index is 2.23. The molecule has 0 saturated heterocycles. The Kier molecular flexibility index (Phi) is 3.97. The van der Waals surface area contributed by atoms with Gasteiger partial charge in [0.1, 0.15) is 10.8 Å². The number of aromatic nitrogens is 1.